The molecule has 2 rings (SSSR count). The lowest BCUT2D eigenvalue weighted by Crippen LogP contribution is -2.12. The average Bonchev–Trinajstić information content (AvgIpc) is 2.92. The predicted molar refractivity (Wildman–Crippen MR) is 79.0 cm³/mol. The first-order valence-corrected chi connectivity index (χ1v) is 7.13. The number of rotatable bonds is 7. The fourth-order valence-electron chi connectivity index (χ4n) is 2.09. The monoisotopic (exact) mass is 330 g/mol. The maximum Gasteiger partial charge on any atom is 0.434 e. The molecule has 0 bridgehead atoms. The second kappa shape index (κ2) is 7.32. The lowest BCUT2D eigenvalue weighted by atomic mass is 10.1. The van der Waals surface area contributed by atoms with Crippen LogP contribution in [0.5, 0.6) is 0 Å². The van der Waals surface area contributed by atoms with Crippen LogP contribution in [0.3, 0.4) is 0 Å². The number of alkyl halides is 3. The van der Waals surface area contributed by atoms with E-state index in [1.54, 1.807) is 0 Å². The molecule has 1 aromatic carbocycles. The molecule has 0 saturated carbocycles. The Balaban J connectivity index is 2.22. The number of hydrogen-bond donors (Lipinski definition) is 3. The number of nitrogens with two attached hydrogens (primary N) is 1. The molecular formula is C14H17F3N4O2. The molecule has 0 aliphatic carbocycles. The third kappa shape index (κ3) is 4.59. The number of nitrogens with zero attached hydrogens (tertiary/aromatic N) is 1. The van der Waals surface area contributed by atoms with Crippen molar-refractivity contribution in [1.82, 2.24) is 10.2 Å². The van der Waals surface area contributed by atoms with Crippen LogP contribution in [0.2, 0.25) is 0 Å². The third-order valence-electron chi connectivity index (χ3n) is 3.21. The topological polar surface area (TPSA) is 96.9 Å². The second-order valence-corrected chi connectivity index (χ2v) is 4.95. The van der Waals surface area contributed by atoms with Crippen molar-refractivity contribution in [3.63, 3.8) is 0 Å². The molecule has 0 radical (unpaired) electrons. The van der Waals surface area contributed by atoms with E-state index in [2.05, 4.69) is 15.5 Å². The van der Waals surface area contributed by atoms with E-state index in [0.29, 0.717) is 19.5 Å². The quantitative estimate of drug-likeness (QED) is 0.678. The molecule has 0 atom stereocenters. The summed E-state index contributed by atoms with van der Waals surface area (Å²) in [5, 5.41) is 8.46. The van der Waals surface area contributed by atoms with Gasteiger partial charge in [-0.2, -0.15) is 13.2 Å². The Bertz CT molecular complexity index is 694. The number of nitrogens with one attached hydrogen (secondary N) is 2. The summed E-state index contributed by atoms with van der Waals surface area (Å²) in [6.07, 6.45) is -2.12. The molecule has 1 aromatic heterocycles. The molecule has 0 aliphatic heterocycles. The summed E-state index contributed by atoms with van der Waals surface area (Å²) in [7, 11) is 0. The SMILES string of the molecule is NCCCCCNc1cc(-c2n[nH]c(=O)o2)ccc1C(F)(F)F. The molecule has 1 heterocycles. The van der Waals surface area contributed by atoms with Crippen molar-refractivity contribution >= 4 is 5.69 Å². The Hall–Kier alpha value is -2.29. The maximum absolute atomic E-state index is 13.1. The van der Waals surface area contributed by atoms with Gasteiger partial charge in [0.15, 0.2) is 0 Å². The first-order valence-electron chi connectivity index (χ1n) is 7.13. The van der Waals surface area contributed by atoms with Crippen molar-refractivity contribution in [2.24, 2.45) is 5.73 Å². The van der Waals surface area contributed by atoms with Gasteiger partial charge in [-0.3, -0.25) is 0 Å². The Morgan fingerprint density at radius 3 is 2.65 bits per heavy atom. The van der Waals surface area contributed by atoms with Gasteiger partial charge in [-0.1, -0.05) is 6.42 Å². The van der Waals surface area contributed by atoms with Gasteiger partial charge < -0.3 is 15.5 Å². The Labute approximate surface area is 129 Å². The van der Waals surface area contributed by atoms with Crippen LogP contribution in [-0.2, 0) is 6.18 Å². The molecular weight excluding hydrogens is 313 g/mol. The minimum absolute atomic E-state index is 0.0603. The lowest BCUT2D eigenvalue weighted by molar-refractivity contribution is -0.136. The van der Waals surface area contributed by atoms with Crippen molar-refractivity contribution in [1.29, 1.82) is 0 Å². The van der Waals surface area contributed by atoms with Crippen molar-refractivity contribution in [2.75, 3.05) is 18.4 Å². The normalized spacial score (nSPS) is 11.7. The van der Waals surface area contributed by atoms with Crippen molar-refractivity contribution < 1.29 is 17.6 Å². The largest absolute Gasteiger partial charge is 0.434 e. The molecule has 4 N–H and O–H groups in total. The van der Waals surface area contributed by atoms with Crippen LogP contribution in [0.25, 0.3) is 11.5 Å². The second-order valence-electron chi connectivity index (χ2n) is 4.95. The average molecular weight is 330 g/mol. The van der Waals surface area contributed by atoms with Crippen LogP contribution in [-0.4, -0.2) is 23.3 Å². The highest BCUT2D eigenvalue weighted by atomic mass is 19.4. The molecule has 0 aliphatic rings. The number of benzene rings is 1. The first-order chi connectivity index (χ1) is 10.9. The molecule has 6 nitrogen and oxygen atoms in total. The molecule has 0 spiro atoms. The number of aromatic amines is 1. The summed E-state index contributed by atoms with van der Waals surface area (Å²) in [6.45, 7) is 0.943. The zero-order valence-electron chi connectivity index (χ0n) is 12.2. The summed E-state index contributed by atoms with van der Waals surface area (Å²) in [5.74, 6) is -0.828. The molecule has 2 aromatic rings. The summed E-state index contributed by atoms with van der Waals surface area (Å²) in [6, 6.07) is 3.42. The first kappa shape index (κ1) is 17.1. The van der Waals surface area contributed by atoms with Gasteiger partial charge in [0.2, 0.25) is 5.89 Å². The highest BCUT2D eigenvalue weighted by Crippen LogP contribution is 2.36. The van der Waals surface area contributed by atoms with Crippen LogP contribution < -0.4 is 16.8 Å². The van der Waals surface area contributed by atoms with Crippen LogP contribution in [0.15, 0.2) is 27.4 Å². The number of H-pyrrole nitrogens is 1. The fraction of sp³-hybridized carbons (Fsp3) is 0.429. The molecule has 0 saturated heterocycles. The van der Waals surface area contributed by atoms with Gasteiger partial charge in [0.1, 0.15) is 0 Å². The highest BCUT2D eigenvalue weighted by molar-refractivity contribution is 5.65. The maximum atomic E-state index is 13.1. The third-order valence-corrected chi connectivity index (χ3v) is 3.21. The van der Waals surface area contributed by atoms with Gasteiger partial charge in [0, 0.05) is 17.8 Å². The van der Waals surface area contributed by atoms with Gasteiger partial charge in [-0.25, -0.2) is 9.89 Å². The standard InChI is InChI=1S/C14H17F3N4O2/c15-14(16,17)10-5-4-9(12-20-21-13(22)23-12)8-11(10)19-7-3-1-2-6-18/h4-5,8,19H,1-3,6-7,18H2,(H,21,22). The number of halogens is 3. The number of hydrogen-bond acceptors (Lipinski definition) is 5. The Morgan fingerprint density at radius 2 is 2.04 bits per heavy atom. The van der Waals surface area contributed by atoms with Gasteiger partial charge in [0.25, 0.3) is 0 Å². The van der Waals surface area contributed by atoms with Gasteiger partial charge in [0.05, 0.1) is 5.56 Å². The minimum atomic E-state index is -4.48. The van der Waals surface area contributed by atoms with E-state index in [0.717, 1.165) is 18.9 Å². The zero-order chi connectivity index (χ0) is 16.9. The molecule has 9 heteroatoms. The van der Waals surface area contributed by atoms with Gasteiger partial charge in [-0.15, -0.1) is 5.10 Å². The zero-order valence-corrected chi connectivity index (χ0v) is 12.2. The smallest absolute Gasteiger partial charge is 0.388 e. The van der Waals surface area contributed by atoms with Crippen LogP contribution in [0.4, 0.5) is 18.9 Å². The Morgan fingerprint density at radius 1 is 1.26 bits per heavy atom. The van der Waals surface area contributed by atoms with Crippen molar-refractivity contribution in [3.05, 3.63) is 34.3 Å². The van der Waals surface area contributed by atoms with Crippen molar-refractivity contribution in [2.45, 2.75) is 25.4 Å². The predicted octanol–water partition coefficient (Wildman–Crippen LogP) is 2.59. The number of aromatic nitrogens is 2. The summed E-state index contributed by atoms with van der Waals surface area (Å²) in [5.41, 5.74) is 4.80. The van der Waals surface area contributed by atoms with Gasteiger partial charge >= 0.3 is 11.9 Å². The van der Waals surface area contributed by atoms with Crippen LogP contribution >= 0.6 is 0 Å². The van der Waals surface area contributed by atoms with E-state index in [-0.39, 0.29) is 17.1 Å². The molecule has 0 amide bonds. The van der Waals surface area contributed by atoms with E-state index >= 15 is 0 Å². The Kier molecular flexibility index (Phi) is 5.43. The summed E-state index contributed by atoms with van der Waals surface area (Å²) < 4.78 is 44.0. The van der Waals surface area contributed by atoms with E-state index in [4.69, 9.17) is 10.2 Å². The van der Waals surface area contributed by atoms with E-state index in [9.17, 15) is 18.0 Å². The van der Waals surface area contributed by atoms with E-state index in [1.165, 1.54) is 12.1 Å². The minimum Gasteiger partial charge on any atom is -0.388 e. The van der Waals surface area contributed by atoms with E-state index in [1.807, 2.05) is 0 Å². The fourth-order valence-corrected chi connectivity index (χ4v) is 2.09. The summed E-state index contributed by atoms with van der Waals surface area (Å²) >= 11 is 0. The lowest BCUT2D eigenvalue weighted by Gasteiger charge is -2.15. The van der Waals surface area contributed by atoms with Gasteiger partial charge in [-0.05, 0) is 37.6 Å². The highest BCUT2D eigenvalue weighted by Gasteiger charge is 2.33. The van der Waals surface area contributed by atoms with Crippen molar-refractivity contribution in [3.8, 4) is 11.5 Å². The molecule has 126 valence electrons. The number of anilines is 1. The number of unbranched alkanes of at least 4 members (excludes halogenated alkanes) is 2. The molecule has 0 unspecified atom stereocenters. The summed E-state index contributed by atoms with van der Waals surface area (Å²) in [4.78, 5) is 11.0. The van der Waals surface area contributed by atoms with E-state index < -0.39 is 17.5 Å². The van der Waals surface area contributed by atoms with Crippen LogP contribution in [0.1, 0.15) is 24.8 Å². The van der Waals surface area contributed by atoms with Crippen LogP contribution in [0, 0.1) is 0 Å². The molecule has 0 fully saturated rings. The molecule has 23 heavy (non-hydrogen) atoms.